The van der Waals surface area contributed by atoms with Crippen LogP contribution in [0.5, 0.6) is 5.75 Å². The van der Waals surface area contributed by atoms with Gasteiger partial charge in [-0.15, -0.1) is 0 Å². The van der Waals surface area contributed by atoms with Crippen LogP contribution >= 0.6 is 0 Å². The summed E-state index contributed by atoms with van der Waals surface area (Å²) in [6.07, 6.45) is 4.04. The monoisotopic (exact) mass is 275 g/mol. The molecule has 112 valence electrons. The maximum Gasteiger partial charge on any atom is 0.119 e. The third kappa shape index (κ3) is 4.24. The molecule has 4 unspecified atom stereocenters. The maximum atomic E-state index is 5.86. The number of benzene rings is 1. The zero-order valence-corrected chi connectivity index (χ0v) is 13.4. The second-order valence-corrected chi connectivity index (χ2v) is 6.57. The Kier molecular flexibility index (Phi) is 5.47. The molecule has 0 bridgehead atoms. The van der Waals surface area contributed by atoms with Crippen LogP contribution in [0.25, 0.3) is 0 Å². The van der Waals surface area contributed by atoms with Gasteiger partial charge in [-0.25, -0.2) is 0 Å². The molecule has 1 aromatic carbocycles. The van der Waals surface area contributed by atoms with Crippen molar-refractivity contribution in [2.75, 3.05) is 6.61 Å². The minimum atomic E-state index is 0.397. The molecule has 1 saturated carbocycles. The number of hydrogen-bond acceptors (Lipinski definition) is 2. The normalized spacial score (nSPS) is 28.1. The van der Waals surface area contributed by atoms with Crippen LogP contribution in [-0.4, -0.2) is 18.7 Å². The van der Waals surface area contributed by atoms with Gasteiger partial charge in [0.1, 0.15) is 12.4 Å². The predicted molar refractivity (Wildman–Crippen MR) is 85.2 cm³/mol. The Labute approximate surface area is 123 Å². The molecule has 1 fully saturated rings. The molecule has 20 heavy (non-hydrogen) atoms. The molecule has 4 atom stereocenters. The third-order valence-electron chi connectivity index (χ3n) is 4.73. The molecule has 2 heteroatoms. The first-order valence-electron chi connectivity index (χ1n) is 8.01. The van der Waals surface area contributed by atoms with Crippen molar-refractivity contribution in [1.29, 1.82) is 0 Å². The highest BCUT2D eigenvalue weighted by Gasteiger charge is 2.27. The van der Waals surface area contributed by atoms with Gasteiger partial charge in [-0.3, -0.25) is 0 Å². The number of aryl methyl sites for hydroxylation is 1. The summed E-state index contributed by atoms with van der Waals surface area (Å²) in [5.41, 5.74) is 1.27. The van der Waals surface area contributed by atoms with Gasteiger partial charge < -0.3 is 10.1 Å². The van der Waals surface area contributed by atoms with Crippen LogP contribution in [0.2, 0.25) is 0 Å². The highest BCUT2D eigenvalue weighted by atomic mass is 16.5. The summed E-state index contributed by atoms with van der Waals surface area (Å²) in [6, 6.07) is 9.33. The van der Waals surface area contributed by atoms with Gasteiger partial charge in [0.25, 0.3) is 0 Å². The van der Waals surface area contributed by atoms with Crippen LogP contribution in [0.15, 0.2) is 24.3 Å². The zero-order chi connectivity index (χ0) is 14.5. The van der Waals surface area contributed by atoms with Gasteiger partial charge in [-0.2, -0.15) is 0 Å². The first kappa shape index (κ1) is 15.4. The van der Waals surface area contributed by atoms with Gasteiger partial charge in [0, 0.05) is 12.1 Å². The van der Waals surface area contributed by atoms with E-state index in [1.165, 1.54) is 24.8 Å². The van der Waals surface area contributed by atoms with Gasteiger partial charge in [0.15, 0.2) is 0 Å². The molecule has 0 aliphatic heterocycles. The summed E-state index contributed by atoms with van der Waals surface area (Å²) in [5, 5.41) is 3.76. The summed E-state index contributed by atoms with van der Waals surface area (Å²) in [7, 11) is 0. The van der Waals surface area contributed by atoms with Crippen molar-refractivity contribution < 1.29 is 4.74 Å². The van der Waals surface area contributed by atoms with Crippen LogP contribution in [0.4, 0.5) is 0 Å². The molecular weight excluding hydrogens is 246 g/mol. The first-order chi connectivity index (χ1) is 9.56. The van der Waals surface area contributed by atoms with Gasteiger partial charge in [0.2, 0.25) is 0 Å². The maximum absolute atomic E-state index is 5.86. The fourth-order valence-corrected chi connectivity index (χ4v) is 3.09. The highest BCUT2D eigenvalue weighted by Crippen LogP contribution is 2.29. The minimum Gasteiger partial charge on any atom is -0.492 e. The molecule has 1 aromatic rings. The largest absolute Gasteiger partial charge is 0.492 e. The van der Waals surface area contributed by atoms with Crippen molar-refractivity contribution in [2.24, 2.45) is 11.8 Å². The van der Waals surface area contributed by atoms with Crippen molar-refractivity contribution in [3.8, 4) is 5.75 Å². The Hall–Kier alpha value is -1.02. The standard InChI is InChI=1S/C18H29NO/c1-13-8-10-17(11-9-13)20-12-15(3)19-18-7-5-6-14(2)16(18)4/h8-11,14-16,18-19H,5-7,12H2,1-4H3. The Morgan fingerprint density at radius 2 is 1.90 bits per heavy atom. The first-order valence-corrected chi connectivity index (χ1v) is 8.01. The van der Waals surface area contributed by atoms with Crippen molar-refractivity contribution in [3.63, 3.8) is 0 Å². The molecule has 1 aliphatic carbocycles. The minimum absolute atomic E-state index is 0.397. The highest BCUT2D eigenvalue weighted by molar-refractivity contribution is 5.26. The van der Waals surface area contributed by atoms with Crippen LogP contribution in [0.3, 0.4) is 0 Å². The number of hydrogen-bond donors (Lipinski definition) is 1. The second-order valence-electron chi connectivity index (χ2n) is 6.57. The van der Waals surface area contributed by atoms with E-state index in [-0.39, 0.29) is 0 Å². The molecule has 0 aromatic heterocycles. The lowest BCUT2D eigenvalue weighted by Crippen LogP contribution is -2.46. The Balaban J connectivity index is 1.77. The van der Waals surface area contributed by atoms with E-state index in [0.717, 1.165) is 24.2 Å². The predicted octanol–water partition coefficient (Wildman–Crippen LogP) is 4.18. The molecular formula is C18H29NO. The average molecular weight is 275 g/mol. The molecule has 0 spiro atoms. The smallest absolute Gasteiger partial charge is 0.119 e. The van der Waals surface area contributed by atoms with E-state index in [0.29, 0.717) is 12.1 Å². The average Bonchev–Trinajstić information content (AvgIpc) is 2.43. The quantitative estimate of drug-likeness (QED) is 0.870. The summed E-state index contributed by atoms with van der Waals surface area (Å²) in [4.78, 5) is 0. The Morgan fingerprint density at radius 1 is 1.20 bits per heavy atom. The van der Waals surface area contributed by atoms with Gasteiger partial charge in [-0.05, 0) is 44.2 Å². The van der Waals surface area contributed by atoms with E-state index in [1.807, 2.05) is 12.1 Å². The molecule has 0 saturated heterocycles. The molecule has 0 heterocycles. The molecule has 2 nitrogen and oxygen atoms in total. The summed E-state index contributed by atoms with van der Waals surface area (Å²) < 4.78 is 5.86. The van der Waals surface area contributed by atoms with Crippen molar-refractivity contribution in [1.82, 2.24) is 5.32 Å². The fraction of sp³-hybridized carbons (Fsp3) is 0.667. The third-order valence-corrected chi connectivity index (χ3v) is 4.73. The number of rotatable bonds is 5. The van der Waals surface area contributed by atoms with Gasteiger partial charge >= 0.3 is 0 Å². The van der Waals surface area contributed by atoms with Crippen molar-refractivity contribution in [2.45, 2.75) is 59.0 Å². The molecule has 0 amide bonds. The molecule has 1 N–H and O–H groups in total. The number of nitrogens with one attached hydrogen (secondary N) is 1. The van der Waals surface area contributed by atoms with Crippen LogP contribution in [0.1, 0.15) is 45.6 Å². The van der Waals surface area contributed by atoms with Gasteiger partial charge in [-0.1, -0.05) is 44.4 Å². The van der Waals surface area contributed by atoms with E-state index >= 15 is 0 Å². The molecule has 0 radical (unpaired) electrons. The summed E-state index contributed by atoms with van der Waals surface area (Å²) in [5.74, 6) is 2.58. The Morgan fingerprint density at radius 3 is 2.60 bits per heavy atom. The van der Waals surface area contributed by atoms with Crippen LogP contribution < -0.4 is 10.1 Å². The van der Waals surface area contributed by atoms with Crippen molar-refractivity contribution >= 4 is 0 Å². The van der Waals surface area contributed by atoms with Gasteiger partial charge in [0.05, 0.1) is 0 Å². The van der Waals surface area contributed by atoms with E-state index in [9.17, 15) is 0 Å². The van der Waals surface area contributed by atoms with E-state index in [2.05, 4.69) is 45.1 Å². The fourth-order valence-electron chi connectivity index (χ4n) is 3.09. The topological polar surface area (TPSA) is 21.3 Å². The lowest BCUT2D eigenvalue weighted by Gasteiger charge is -2.36. The lowest BCUT2D eigenvalue weighted by molar-refractivity contribution is 0.176. The van der Waals surface area contributed by atoms with E-state index in [4.69, 9.17) is 4.74 Å². The lowest BCUT2D eigenvalue weighted by atomic mass is 9.78. The van der Waals surface area contributed by atoms with E-state index in [1.54, 1.807) is 0 Å². The van der Waals surface area contributed by atoms with Crippen molar-refractivity contribution in [3.05, 3.63) is 29.8 Å². The number of ether oxygens (including phenoxy) is 1. The zero-order valence-electron chi connectivity index (χ0n) is 13.4. The second kappa shape index (κ2) is 7.12. The summed E-state index contributed by atoms with van der Waals surface area (Å²) >= 11 is 0. The van der Waals surface area contributed by atoms with Crippen LogP contribution in [0, 0.1) is 18.8 Å². The van der Waals surface area contributed by atoms with E-state index < -0.39 is 0 Å². The Bertz CT molecular complexity index is 400. The molecule has 1 aliphatic rings. The van der Waals surface area contributed by atoms with Crippen LogP contribution in [-0.2, 0) is 0 Å². The SMILES string of the molecule is Cc1ccc(OCC(C)NC2CCCC(C)C2C)cc1. The molecule has 2 rings (SSSR count). The summed E-state index contributed by atoms with van der Waals surface area (Å²) in [6.45, 7) is 9.82.